The molecule has 3 aromatic carbocycles. The summed E-state index contributed by atoms with van der Waals surface area (Å²) in [5.41, 5.74) is 4.65. The molecule has 0 fully saturated rings. The van der Waals surface area contributed by atoms with E-state index in [1.165, 1.54) is 46.8 Å². The monoisotopic (exact) mass is 424 g/mol. The number of rotatable bonds is 1. The highest BCUT2D eigenvalue weighted by atomic mass is 32.1. The van der Waals surface area contributed by atoms with E-state index in [0.29, 0.717) is 0 Å². The van der Waals surface area contributed by atoms with Gasteiger partial charge in [-0.05, 0) is 57.5 Å². The van der Waals surface area contributed by atoms with Crippen molar-refractivity contribution in [2.75, 3.05) is 0 Å². The van der Waals surface area contributed by atoms with Crippen molar-refractivity contribution in [1.29, 1.82) is 0 Å². The number of thiophene rings is 2. The molecular weight excluding hydrogens is 404 g/mol. The summed E-state index contributed by atoms with van der Waals surface area (Å²) in [7, 11) is 0. The highest BCUT2D eigenvalue weighted by molar-refractivity contribution is 7.28. The lowest BCUT2D eigenvalue weighted by molar-refractivity contribution is 0.596. The number of nitrogens with zero attached hydrogens (tertiary/aromatic N) is 2. The Bertz CT molecular complexity index is 1580. The second kappa shape index (κ2) is 6.34. The first-order valence-electron chi connectivity index (χ1n) is 10.1. The van der Waals surface area contributed by atoms with Crippen LogP contribution in [-0.4, -0.2) is 9.97 Å². The van der Waals surface area contributed by atoms with Gasteiger partial charge in [0.2, 0.25) is 0 Å². The normalized spacial score (nSPS) is 12.5. The zero-order valence-electron chi connectivity index (χ0n) is 17.1. The van der Waals surface area contributed by atoms with E-state index >= 15 is 0 Å². The molecule has 0 spiro atoms. The van der Waals surface area contributed by atoms with Gasteiger partial charge < -0.3 is 0 Å². The van der Waals surface area contributed by atoms with E-state index in [9.17, 15) is 0 Å². The van der Waals surface area contributed by atoms with E-state index in [-0.39, 0.29) is 5.41 Å². The number of hydrogen-bond acceptors (Lipinski definition) is 4. The van der Waals surface area contributed by atoms with Crippen LogP contribution in [0.5, 0.6) is 0 Å². The summed E-state index contributed by atoms with van der Waals surface area (Å²) < 4.78 is 3.80. The molecule has 6 rings (SSSR count). The van der Waals surface area contributed by atoms with E-state index in [1.807, 2.05) is 11.3 Å². The molecule has 0 aliphatic rings. The predicted molar refractivity (Wildman–Crippen MR) is 132 cm³/mol. The van der Waals surface area contributed by atoms with Crippen LogP contribution in [0.4, 0.5) is 0 Å². The minimum Gasteiger partial charge on any atom is -0.235 e. The van der Waals surface area contributed by atoms with Crippen molar-refractivity contribution in [3.63, 3.8) is 0 Å². The molecule has 0 saturated carbocycles. The van der Waals surface area contributed by atoms with Crippen LogP contribution in [0.25, 0.3) is 52.4 Å². The largest absolute Gasteiger partial charge is 0.235 e. The van der Waals surface area contributed by atoms with Gasteiger partial charge in [-0.2, -0.15) is 0 Å². The van der Waals surface area contributed by atoms with Gasteiger partial charge in [0.25, 0.3) is 0 Å². The van der Waals surface area contributed by atoms with Crippen molar-refractivity contribution in [2.24, 2.45) is 0 Å². The predicted octanol–water partition coefficient (Wildman–Crippen LogP) is 8.18. The van der Waals surface area contributed by atoms with E-state index < -0.39 is 0 Å². The van der Waals surface area contributed by atoms with Crippen molar-refractivity contribution >= 4 is 63.8 Å². The Morgan fingerprint density at radius 3 is 2.53 bits per heavy atom. The zero-order chi connectivity index (χ0) is 20.5. The molecule has 0 amide bonds. The molecule has 146 valence electrons. The third kappa shape index (κ3) is 2.60. The van der Waals surface area contributed by atoms with Crippen LogP contribution in [0, 0.1) is 0 Å². The fourth-order valence-corrected chi connectivity index (χ4v) is 6.50. The van der Waals surface area contributed by atoms with Crippen LogP contribution < -0.4 is 0 Å². The van der Waals surface area contributed by atoms with Gasteiger partial charge in [0.1, 0.15) is 6.33 Å². The van der Waals surface area contributed by atoms with Crippen LogP contribution in [-0.2, 0) is 5.41 Å². The SMILES string of the molecule is CC(C)(C)c1cc(-c2ncnc3c2sc2c4ccsc4ccc32)cc2ccccc12. The van der Waals surface area contributed by atoms with Crippen LogP contribution in [0.1, 0.15) is 26.3 Å². The Hall–Kier alpha value is -2.82. The van der Waals surface area contributed by atoms with E-state index in [1.54, 1.807) is 17.7 Å². The molecule has 0 saturated heterocycles. The maximum absolute atomic E-state index is 4.77. The van der Waals surface area contributed by atoms with Crippen molar-refractivity contribution in [1.82, 2.24) is 9.97 Å². The molecule has 0 atom stereocenters. The summed E-state index contributed by atoms with van der Waals surface area (Å²) >= 11 is 3.61. The summed E-state index contributed by atoms with van der Waals surface area (Å²) in [5.74, 6) is 0. The molecular formula is C26H20N2S2. The quantitative estimate of drug-likeness (QED) is 0.266. The number of benzene rings is 3. The average molecular weight is 425 g/mol. The molecule has 0 unspecified atom stereocenters. The van der Waals surface area contributed by atoms with Gasteiger partial charge in [-0.1, -0.05) is 45.0 Å². The third-order valence-electron chi connectivity index (χ3n) is 5.79. The second-order valence-corrected chi connectivity index (χ2v) is 10.7. The topological polar surface area (TPSA) is 25.8 Å². The standard InChI is InChI=1S/C26H20N2S2/c1-26(2,3)20-13-16(12-15-6-4-5-7-17(15)20)22-25-23(28-14-27-22)19-8-9-21-18(10-11-29-21)24(19)30-25/h4-14H,1-3H3. The van der Waals surface area contributed by atoms with Crippen molar-refractivity contribution < 1.29 is 0 Å². The molecule has 0 aliphatic carbocycles. The van der Waals surface area contributed by atoms with Crippen molar-refractivity contribution in [3.05, 3.63) is 71.9 Å². The van der Waals surface area contributed by atoms with Crippen molar-refractivity contribution in [3.8, 4) is 11.3 Å². The first-order chi connectivity index (χ1) is 14.5. The summed E-state index contributed by atoms with van der Waals surface area (Å²) in [6.45, 7) is 6.84. The molecule has 2 nitrogen and oxygen atoms in total. The summed E-state index contributed by atoms with van der Waals surface area (Å²) in [6, 6.07) is 19.9. The van der Waals surface area contributed by atoms with Gasteiger partial charge in [-0.3, -0.25) is 0 Å². The molecule has 30 heavy (non-hydrogen) atoms. The fourth-order valence-electron chi connectivity index (χ4n) is 4.35. The highest BCUT2D eigenvalue weighted by Gasteiger charge is 2.20. The maximum atomic E-state index is 4.77. The fraction of sp³-hybridized carbons (Fsp3) is 0.154. The Kier molecular flexibility index (Phi) is 3.80. The number of fused-ring (bicyclic) bond motifs is 6. The van der Waals surface area contributed by atoms with Gasteiger partial charge in [0.15, 0.2) is 0 Å². The first kappa shape index (κ1) is 18.0. The van der Waals surface area contributed by atoms with E-state index in [0.717, 1.165) is 11.2 Å². The zero-order valence-corrected chi connectivity index (χ0v) is 18.7. The Morgan fingerprint density at radius 1 is 0.800 bits per heavy atom. The lowest BCUT2D eigenvalue weighted by Gasteiger charge is -2.22. The van der Waals surface area contributed by atoms with E-state index in [2.05, 4.69) is 85.7 Å². The molecule has 4 heteroatoms. The summed E-state index contributed by atoms with van der Waals surface area (Å²) in [6.07, 6.45) is 1.72. The Balaban J connectivity index is 1.71. The van der Waals surface area contributed by atoms with Crippen LogP contribution in [0.2, 0.25) is 0 Å². The number of hydrogen-bond donors (Lipinski definition) is 0. The van der Waals surface area contributed by atoms with Crippen molar-refractivity contribution in [2.45, 2.75) is 26.2 Å². The van der Waals surface area contributed by atoms with Crippen LogP contribution in [0.15, 0.2) is 66.3 Å². The molecule has 6 aromatic rings. The lowest BCUT2D eigenvalue weighted by Crippen LogP contribution is -2.12. The smallest absolute Gasteiger partial charge is 0.116 e. The second-order valence-electron chi connectivity index (χ2n) is 8.77. The van der Waals surface area contributed by atoms with Gasteiger partial charge >= 0.3 is 0 Å². The molecule has 3 aromatic heterocycles. The molecule has 0 bridgehead atoms. The van der Waals surface area contributed by atoms with Gasteiger partial charge in [-0.25, -0.2) is 9.97 Å². The molecule has 0 radical (unpaired) electrons. The van der Waals surface area contributed by atoms with E-state index in [4.69, 9.17) is 4.98 Å². The first-order valence-corrected chi connectivity index (χ1v) is 11.8. The molecule has 0 aliphatic heterocycles. The maximum Gasteiger partial charge on any atom is 0.116 e. The van der Waals surface area contributed by atoms with Gasteiger partial charge in [0, 0.05) is 25.7 Å². The minimum absolute atomic E-state index is 0.0464. The van der Waals surface area contributed by atoms with Crippen LogP contribution in [0.3, 0.4) is 0 Å². The van der Waals surface area contributed by atoms with Crippen LogP contribution >= 0.6 is 22.7 Å². The molecule has 3 heterocycles. The minimum atomic E-state index is 0.0464. The van der Waals surface area contributed by atoms with Gasteiger partial charge in [0.05, 0.1) is 15.9 Å². The number of aromatic nitrogens is 2. The Morgan fingerprint density at radius 2 is 1.67 bits per heavy atom. The third-order valence-corrected chi connectivity index (χ3v) is 7.91. The highest BCUT2D eigenvalue weighted by Crippen LogP contribution is 2.43. The Labute approximate surface area is 182 Å². The molecule has 0 N–H and O–H groups in total. The average Bonchev–Trinajstić information content (AvgIpc) is 3.36. The summed E-state index contributed by atoms with van der Waals surface area (Å²) in [4.78, 5) is 9.45. The summed E-state index contributed by atoms with van der Waals surface area (Å²) in [5, 5.41) is 7.28. The lowest BCUT2D eigenvalue weighted by atomic mass is 9.82. The van der Waals surface area contributed by atoms with Gasteiger partial charge in [-0.15, -0.1) is 22.7 Å².